The molecule has 6 rings (SSSR count). The van der Waals surface area contributed by atoms with Crippen LogP contribution in [0.15, 0.2) is 53.4 Å². The molecule has 0 bridgehead atoms. The number of rotatable bonds is 5. The first-order chi connectivity index (χ1) is 26.4. The van der Waals surface area contributed by atoms with Crippen molar-refractivity contribution < 1.29 is 46.3 Å². The van der Waals surface area contributed by atoms with Crippen LogP contribution in [0.5, 0.6) is 0 Å². The van der Waals surface area contributed by atoms with Gasteiger partial charge < -0.3 is 25.0 Å². The number of amides is 5. The van der Waals surface area contributed by atoms with E-state index in [1.54, 1.807) is 39.0 Å². The highest BCUT2D eigenvalue weighted by Gasteiger charge is 2.62. The van der Waals surface area contributed by atoms with Crippen molar-refractivity contribution in [2.45, 2.75) is 113 Å². The Morgan fingerprint density at radius 3 is 2.54 bits per heavy atom. The molecule has 3 N–H and O–H groups in total. The number of carbonyl (C=O) groups excluding carboxylic acids is 5. The van der Waals surface area contributed by atoms with Crippen LogP contribution in [-0.4, -0.2) is 84.0 Å². The Bertz CT molecular complexity index is 2060. The number of ether oxygens (including phenoxy) is 2. The van der Waals surface area contributed by atoms with Crippen molar-refractivity contribution in [3.63, 3.8) is 0 Å². The van der Waals surface area contributed by atoms with Crippen molar-refractivity contribution in [2.75, 3.05) is 6.54 Å². The van der Waals surface area contributed by atoms with E-state index >= 15 is 0 Å². The van der Waals surface area contributed by atoms with E-state index in [4.69, 9.17) is 32.7 Å². The van der Waals surface area contributed by atoms with Gasteiger partial charge in [-0.25, -0.2) is 27.1 Å². The van der Waals surface area contributed by atoms with Crippen LogP contribution in [0.4, 0.5) is 14.0 Å². The highest BCUT2D eigenvalue weighted by atomic mass is 35.5. The molecule has 18 heteroatoms. The van der Waals surface area contributed by atoms with Gasteiger partial charge in [-0.15, -0.1) is 0 Å². The molecule has 1 saturated heterocycles. The van der Waals surface area contributed by atoms with Crippen LogP contribution in [0, 0.1) is 11.7 Å². The van der Waals surface area contributed by atoms with Gasteiger partial charge in [-0.05, 0) is 76.3 Å². The number of hydrogen-bond acceptors (Lipinski definition) is 9. The lowest BCUT2D eigenvalue weighted by Gasteiger charge is -2.30. The number of fused-ring (bicyclic) bond motifs is 3. The second kappa shape index (κ2) is 16.2. The quantitative estimate of drug-likeness (QED) is 0.335. The Balaban J connectivity index is 1.27. The summed E-state index contributed by atoms with van der Waals surface area (Å²) >= 11 is 12.1. The maximum Gasteiger partial charge on any atom is 0.410 e. The number of sulfonamides is 1. The number of carbonyl (C=O) groups is 5. The Kier molecular flexibility index (Phi) is 11.9. The topological polar surface area (TPSA) is 181 Å². The monoisotopic (exact) mass is 835 g/mol. The Hall–Kier alpha value is -4.41. The zero-order chi connectivity index (χ0) is 40.6. The van der Waals surface area contributed by atoms with Gasteiger partial charge in [0, 0.05) is 29.5 Å². The lowest BCUT2D eigenvalue weighted by atomic mass is 10.0. The molecule has 2 aromatic rings. The van der Waals surface area contributed by atoms with E-state index < -0.39 is 85.9 Å². The summed E-state index contributed by atoms with van der Waals surface area (Å²) in [6.07, 6.45) is 3.61. The van der Waals surface area contributed by atoms with E-state index in [1.807, 2.05) is 6.08 Å². The van der Waals surface area contributed by atoms with E-state index in [1.165, 1.54) is 28.0 Å². The second-order valence-electron chi connectivity index (χ2n) is 15.5. The summed E-state index contributed by atoms with van der Waals surface area (Å²) in [7, 11) is -4.53. The highest BCUT2D eigenvalue weighted by Crippen LogP contribution is 2.46. The molecular formula is C38H44Cl2FN5O9S. The fourth-order valence-electron chi connectivity index (χ4n) is 7.30. The molecule has 5 amide bonds. The molecule has 0 radical (unpaired) electrons. The predicted octanol–water partition coefficient (Wildman–Crippen LogP) is 5.35. The van der Waals surface area contributed by atoms with Crippen LogP contribution in [0.3, 0.4) is 0 Å². The summed E-state index contributed by atoms with van der Waals surface area (Å²) in [5, 5.41) is 5.36. The summed E-state index contributed by atoms with van der Waals surface area (Å²) in [6, 6.07) is 5.81. The molecule has 2 aromatic carbocycles. The molecule has 56 heavy (non-hydrogen) atoms. The molecular weight excluding hydrogens is 792 g/mol. The second-order valence-corrected chi connectivity index (χ2v) is 18.0. The van der Waals surface area contributed by atoms with Gasteiger partial charge in [-0.3, -0.25) is 19.3 Å². The van der Waals surface area contributed by atoms with Gasteiger partial charge in [0.2, 0.25) is 11.8 Å². The molecule has 302 valence electrons. The van der Waals surface area contributed by atoms with E-state index in [2.05, 4.69) is 15.4 Å². The van der Waals surface area contributed by atoms with Gasteiger partial charge in [-0.1, -0.05) is 60.3 Å². The molecule has 1 aliphatic carbocycles. The predicted molar refractivity (Wildman–Crippen MR) is 202 cm³/mol. The average Bonchev–Trinajstić information content (AvgIpc) is 3.40. The zero-order valence-electron chi connectivity index (χ0n) is 31.1. The van der Waals surface area contributed by atoms with Crippen LogP contribution in [-0.2, 0) is 47.0 Å². The van der Waals surface area contributed by atoms with Crippen molar-refractivity contribution >= 4 is 63.1 Å². The third-order valence-corrected chi connectivity index (χ3v) is 12.2. The Morgan fingerprint density at radius 1 is 1.05 bits per heavy atom. The fraction of sp³-hybridized carbons (Fsp3) is 0.500. The summed E-state index contributed by atoms with van der Waals surface area (Å²) < 4.78 is 54.5. The van der Waals surface area contributed by atoms with Crippen LogP contribution in [0.1, 0.15) is 76.8 Å². The highest BCUT2D eigenvalue weighted by molar-refractivity contribution is 7.90. The minimum absolute atomic E-state index is 0.0291. The van der Waals surface area contributed by atoms with E-state index in [9.17, 15) is 36.8 Å². The molecule has 3 heterocycles. The van der Waals surface area contributed by atoms with E-state index in [-0.39, 0.29) is 48.9 Å². The number of nitrogens with zero attached hydrogens (tertiary/aromatic N) is 2. The van der Waals surface area contributed by atoms with E-state index in [0.29, 0.717) is 36.8 Å². The smallest absolute Gasteiger partial charge is 0.410 e. The standard InChI is InChI=1S/C38H44Cl2FN5O9S/c1-37(2,3)55-35(50)42-29-13-8-6-4-5-7-11-23-18-38(23,34(49)44-56(52,53)31-15-14-24(39)16-27(31)40)43-32(47)30-17-25(20-46(30)33(29)48)54-36(51)45-19-22-10-9-12-28(41)26(22)21-45/h7,9-12,14-16,23,25,29-30H,4-6,8,13,17-21H2,1-3H3,(H,42,50)(H,43,47)(H,44,49)/b11-7-/t23-,25-,29+,30+,38-/m1/s1. The zero-order valence-corrected chi connectivity index (χ0v) is 33.4. The number of allylic oxidation sites excluding steroid dienone is 1. The largest absolute Gasteiger partial charge is 0.444 e. The van der Waals surface area contributed by atoms with Gasteiger partial charge in [-0.2, -0.15) is 0 Å². The number of benzene rings is 2. The summed E-state index contributed by atoms with van der Waals surface area (Å²) in [4.78, 5) is 71.1. The molecule has 2 fully saturated rings. The Labute approximate surface area is 334 Å². The van der Waals surface area contributed by atoms with Crippen molar-refractivity contribution in [1.82, 2.24) is 25.2 Å². The van der Waals surface area contributed by atoms with Gasteiger partial charge in [0.25, 0.3) is 15.9 Å². The summed E-state index contributed by atoms with van der Waals surface area (Å²) in [5.41, 5.74) is -1.59. The minimum Gasteiger partial charge on any atom is -0.444 e. The lowest BCUT2D eigenvalue weighted by molar-refractivity contribution is -0.141. The van der Waals surface area contributed by atoms with Crippen molar-refractivity contribution in [3.05, 3.63) is 75.5 Å². The van der Waals surface area contributed by atoms with Crippen molar-refractivity contribution in [2.24, 2.45) is 5.92 Å². The summed E-state index contributed by atoms with van der Waals surface area (Å²) in [6.45, 7) is 4.87. The summed E-state index contributed by atoms with van der Waals surface area (Å²) in [5.74, 6) is -3.49. The van der Waals surface area contributed by atoms with Crippen LogP contribution in [0.2, 0.25) is 10.0 Å². The van der Waals surface area contributed by atoms with Gasteiger partial charge in [0.1, 0.15) is 40.0 Å². The van der Waals surface area contributed by atoms with Crippen LogP contribution in [0.25, 0.3) is 0 Å². The van der Waals surface area contributed by atoms with Crippen molar-refractivity contribution in [3.8, 4) is 0 Å². The molecule has 0 spiro atoms. The minimum atomic E-state index is -4.53. The third kappa shape index (κ3) is 9.24. The number of hydrogen-bond donors (Lipinski definition) is 3. The van der Waals surface area contributed by atoms with E-state index in [0.717, 1.165) is 6.07 Å². The maximum atomic E-state index is 14.5. The molecule has 4 aliphatic rings. The normalized spacial score (nSPS) is 26.0. The van der Waals surface area contributed by atoms with Crippen LogP contribution < -0.4 is 15.4 Å². The molecule has 0 unspecified atom stereocenters. The molecule has 14 nitrogen and oxygen atoms in total. The lowest BCUT2D eigenvalue weighted by Crippen LogP contribution is -2.58. The van der Waals surface area contributed by atoms with Gasteiger partial charge in [0.15, 0.2) is 0 Å². The number of nitrogens with one attached hydrogen (secondary N) is 3. The molecule has 3 aliphatic heterocycles. The SMILES string of the molecule is CC(C)(C)OC(=O)N[C@H]1CCCCC/C=C\[C@@H]2C[C@@]2(C(=O)NS(=O)(=O)c2ccc(Cl)cc2Cl)NC(=O)[C@@H]2C[C@@H](OC(=O)N3Cc4cccc(F)c4C3)CN2C1=O. The average molecular weight is 837 g/mol. The first kappa shape index (κ1) is 41.2. The van der Waals surface area contributed by atoms with Gasteiger partial charge in [0.05, 0.1) is 18.1 Å². The Morgan fingerprint density at radius 2 is 1.82 bits per heavy atom. The van der Waals surface area contributed by atoms with Crippen molar-refractivity contribution in [1.29, 1.82) is 0 Å². The van der Waals surface area contributed by atoms with Crippen LogP contribution >= 0.6 is 23.2 Å². The third-order valence-electron chi connectivity index (χ3n) is 10.2. The number of alkyl carbamates (subject to hydrolysis) is 1. The first-order valence-electron chi connectivity index (χ1n) is 18.4. The number of halogens is 3. The molecule has 1 saturated carbocycles. The molecule has 0 aromatic heterocycles. The maximum absolute atomic E-state index is 14.5. The molecule has 5 atom stereocenters. The fourth-order valence-corrected chi connectivity index (χ4v) is 9.12. The first-order valence-corrected chi connectivity index (χ1v) is 20.6. The van der Waals surface area contributed by atoms with Gasteiger partial charge >= 0.3 is 12.2 Å².